The zero-order chi connectivity index (χ0) is 13.7. The number of amides is 1. The van der Waals surface area contributed by atoms with Crippen LogP contribution in [0, 0.1) is 0 Å². The number of carbonyl (C=O) groups excluding carboxylic acids is 1. The molecule has 1 heterocycles. The minimum absolute atomic E-state index is 0.0445. The van der Waals surface area contributed by atoms with Gasteiger partial charge in [0.25, 0.3) is 0 Å². The highest BCUT2D eigenvalue weighted by Gasteiger charge is 2.15. The first-order chi connectivity index (χ1) is 8.43. The summed E-state index contributed by atoms with van der Waals surface area (Å²) < 4.78 is 0. The van der Waals surface area contributed by atoms with E-state index in [4.69, 9.17) is 5.11 Å². The van der Waals surface area contributed by atoms with Crippen LogP contribution in [0.2, 0.25) is 0 Å². The first-order valence-electron chi connectivity index (χ1n) is 5.50. The van der Waals surface area contributed by atoms with Gasteiger partial charge in [-0.15, -0.1) is 0 Å². The monoisotopic (exact) mass is 268 g/mol. The molecule has 0 saturated carbocycles. The maximum absolute atomic E-state index is 11.8. The van der Waals surface area contributed by atoms with E-state index in [0.717, 1.165) is 11.8 Å². The highest BCUT2D eigenvalue weighted by Crippen LogP contribution is 2.20. The highest BCUT2D eigenvalue weighted by atomic mass is 32.2. The average molecular weight is 268 g/mol. The summed E-state index contributed by atoms with van der Waals surface area (Å²) >= 11 is 1.15. The number of carboxylic acids is 1. The summed E-state index contributed by atoms with van der Waals surface area (Å²) in [5.41, 5.74) is 0.127. The van der Waals surface area contributed by atoms with E-state index in [1.165, 1.54) is 12.3 Å². The van der Waals surface area contributed by atoms with E-state index >= 15 is 0 Å². The number of pyridine rings is 1. The summed E-state index contributed by atoms with van der Waals surface area (Å²) in [5.74, 6) is -0.890. The van der Waals surface area contributed by atoms with Crippen molar-refractivity contribution in [2.75, 3.05) is 12.8 Å². The van der Waals surface area contributed by atoms with Crippen molar-refractivity contribution in [2.45, 2.75) is 24.9 Å². The maximum atomic E-state index is 11.8. The molecule has 1 rings (SSSR count). The van der Waals surface area contributed by atoms with Crippen molar-refractivity contribution in [1.29, 1.82) is 0 Å². The third kappa shape index (κ3) is 3.73. The second kappa shape index (κ2) is 6.39. The number of aromatic carboxylic acids is 1. The zero-order valence-electron chi connectivity index (χ0n) is 10.6. The van der Waals surface area contributed by atoms with Gasteiger partial charge in [-0.2, -0.15) is 0 Å². The van der Waals surface area contributed by atoms with E-state index < -0.39 is 5.97 Å². The summed E-state index contributed by atoms with van der Waals surface area (Å²) in [6.45, 7) is 3.85. The standard InChI is InChI=1S/C12H16N2O3S/c1-8(2)14(3)10(15)7-18-11-9(12(16)17)5-4-6-13-11/h4-6,8H,7H2,1-3H3,(H,16,17). The minimum Gasteiger partial charge on any atom is -0.478 e. The number of aromatic nitrogens is 1. The SMILES string of the molecule is CC(C)N(C)C(=O)CSc1ncccc1C(=O)O. The number of rotatable bonds is 5. The Kier molecular flexibility index (Phi) is 5.15. The van der Waals surface area contributed by atoms with Gasteiger partial charge in [0.1, 0.15) is 5.03 Å². The van der Waals surface area contributed by atoms with Crippen LogP contribution < -0.4 is 0 Å². The maximum Gasteiger partial charge on any atom is 0.338 e. The molecule has 0 unspecified atom stereocenters. The molecule has 1 aromatic rings. The fourth-order valence-electron chi connectivity index (χ4n) is 1.19. The number of hydrogen-bond acceptors (Lipinski definition) is 4. The average Bonchev–Trinajstić information content (AvgIpc) is 2.35. The smallest absolute Gasteiger partial charge is 0.338 e. The van der Waals surface area contributed by atoms with Gasteiger partial charge >= 0.3 is 5.97 Å². The molecule has 98 valence electrons. The number of thioether (sulfide) groups is 1. The first kappa shape index (κ1) is 14.5. The van der Waals surface area contributed by atoms with Crippen LogP contribution in [0.1, 0.15) is 24.2 Å². The molecule has 0 saturated heterocycles. The quantitative estimate of drug-likeness (QED) is 0.824. The molecule has 0 aliphatic rings. The van der Waals surface area contributed by atoms with Crippen molar-refractivity contribution in [1.82, 2.24) is 9.88 Å². The second-order valence-electron chi connectivity index (χ2n) is 4.05. The van der Waals surface area contributed by atoms with Gasteiger partial charge in [-0.25, -0.2) is 9.78 Å². The van der Waals surface area contributed by atoms with Gasteiger partial charge in [0, 0.05) is 19.3 Å². The van der Waals surface area contributed by atoms with Crippen molar-refractivity contribution >= 4 is 23.6 Å². The molecule has 0 aromatic carbocycles. The first-order valence-corrected chi connectivity index (χ1v) is 6.48. The van der Waals surface area contributed by atoms with E-state index in [1.54, 1.807) is 18.0 Å². The topological polar surface area (TPSA) is 70.5 Å². The molecule has 1 aromatic heterocycles. The van der Waals surface area contributed by atoms with E-state index in [0.29, 0.717) is 5.03 Å². The lowest BCUT2D eigenvalue weighted by Gasteiger charge is -2.21. The fraction of sp³-hybridized carbons (Fsp3) is 0.417. The molecule has 0 radical (unpaired) electrons. The Labute approximate surface area is 110 Å². The molecule has 0 fully saturated rings. The lowest BCUT2D eigenvalue weighted by Crippen LogP contribution is -2.34. The highest BCUT2D eigenvalue weighted by molar-refractivity contribution is 8.00. The molecule has 1 amide bonds. The lowest BCUT2D eigenvalue weighted by atomic mass is 10.3. The van der Waals surface area contributed by atoms with Crippen LogP contribution in [0.15, 0.2) is 23.4 Å². The molecular formula is C12H16N2O3S. The Morgan fingerprint density at radius 2 is 2.17 bits per heavy atom. The molecule has 6 heteroatoms. The van der Waals surface area contributed by atoms with Crippen molar-refractivity contribution in [3.63, 3.8) is 0 Å². The number of carbonyl (C=O) groups is 2. The predicted octanol–water partition coefficient (Wildman–Crippen LogP) is 1.74. The van der Waals surface area contributed by atoms with E-state index in [-0.39, 0.29) is 23.3 Å². The van der Waals surface area contributed by atoms with Crippen LogP contribution in [-0.2, 0) is 4.79 Å². The van der Waals surface area contributed by atoms with Gasteiger partial charge in [0.05, 0.1) is 11.3 Å². The van der Waals surface area contributed by atoms with Crippen LogP contribution in [0.25, 0.3) is 0 Å². The van der Waals surface area contributed by atoms with E-state index in [1.807, 2.05) is 13.8 Å². The van der Waals surface area contributed by atoms with Crippen LogP contribution in [-0.4, -0.2) is 45.7 Å². The third-order valence-electron chi connectivity index (χ3n) is 2.50. The molecule has 0 atom stereocenters. The van der Waals surface area contributed by atoms with E-state index in [2.05, 4.69) is 4.98 Å². The van der Waals surface area contributed by atoms with Gasteiger partial charge in [-0.05, 0) is 26.0 Å². The van der Waals surface area contributed by atoms with E-state index in [9.17, 15) is 9.59 Å². The summed E-state index contributed by atoms with van der Waals surface area (Å²) in [5, 5.41) is 9.35. The molecule has 0 aliphatic carbocycles. The van der Waals surface area contributed by atoms with Gasteiger partial charge in [-0.1, -0.05) is 11.8 Å². The summed E-state index contributed by atoms with van der Waals surface area (Å²) in [6, 6.07) is 3.17. The molecular weight excluding hydrogens is 252 g/mol. The second-order valence-corrected chi connectivity index (χ2v) is 5.01. The van der Waals surface area contributed by atoms with Crippen molar-refractivity contribution in [2.24, 2.45) is 0 Å². The van der Waals surface area contributed by atoms with Crippen molar-refractivity contribution < 1.29 is 14.7 Å². The van der Waals surface area contributed by atoms with Crippen LogP contribution in [0.4, 0.5) is 0 Å². The summed E-state index contributed by atoms with van der Waals surface area (Å²) in [6.07, 6.45) is 1.52. The van der Waals surface area contributed by atoms with Crippen molar-refractivity contribution in [3.8, 4) is 0 Å². The lowest BCUT2D eigenvalue weighted by molar-refractivity contribution is -0.128. The zero-order valence-corrected chi connectivity index (χ0v) is 11.4. The van der Waals surface area contributed by atoms with Crippen LogP contribution in [0.5, 0.6) is 0 Å². The number of hydrogen-bond donors (Lipinski definition) is 1. The van der Waals surface area contributed by atoms with Gasteiger partial charge in [0.2, 0.25) is 5.91 Å². The molecule has 0 spiro atoms. The number of carboxylic acid groups (broad SMARTS) is 1. The molecule has 1 N–H and O–H groups in total. The van der Waals surface area contributed by atoms with Crippen molar-refractivity contribution in [3.05, 3.63) is 23.9 Å². The fourth-order valence-corrected chi connectivity index (χ4v) is 2.10. The summed E-state index contributed by atoms with van der Waals surface area (Å²) in [4.78, 5) is 28.3. The van der Waals surface area contributed by atoms with Gasteiger partial charge in [-0.3, -0.25) is 4.79 Å². The Bertz CT molecular complexity index is 449. The Hall–Kier alpha value is -1.56. The third-order valence-corrected chi connectivity index (χ3v) is 3.49. The molecule has 5 nitrogen and oxygen atoms in total. The van der Waals surface area contributed by atoms with Gasteiger partial charge < -0.3 is 10.0 Å². The van der Waals surface area contributed by atoms with Crippen LogP contribution >= 0.6 is 11.8 Å². The molecule has 18 heavy (non-hydrogen) atoms. The summed E-state index contributed by atoms with van der Waals surface area (Å²) in [7, 11) is 1.73. The normalized spacial score (nSPS) is 10.4. The molecule has 0 aliphatic heterocycles. The Balaban J connectivity index is 2.70. The Morgan fingerprint density at radius 1 is 1.50 bits per heavy atom. The predicted molar refractivity (Wildman–Crippen MR) is 69.8 cm³/mol. The van der Waals surface area contributed by atoms with Gasteiger partial charge in [0.15, 0.2) is 0 Å². The number of nitrogens with zero attached hydrogens (tertiary/aromatic N) is 2. The largest absolute Gasteiger partial charge is 0.478 e. The van der Waals surface area contributed by atoms with Crippen LogP contribution in [0.3, 0.4) is 0 Å². The minimum atomic E-state index is -1.03. The Morgan fingerprint density at radius 3 is 2.72 bits per heavy atom. The molecule has 0 bridgehead atoms.